The van der Waals surface area contributed by atoms with E-state index in [4.69, 9.17) is 4.74 Å². The summed E-state index contributed by atoms with van der Waals surface area (Å²) in [5.74, 6) is 0.961. The van der Waals surface area contributed by atoms with Crippen LogP contribution in [0.2, 0.25) is 0 Å². The van der Waals surface area contributed by atoms with Crippen molar-refractivity contribution in [3.63, 3.8) is 0 Å². The number of benzene rings is 1. The molecule has 2 heterocycles. The Morgan fingerprint density at radius 1 is 1.18 bits per heavy atom. The molecular weight excluding hydrogens is 350 g/mol. The molecule has 0 spiro atoms. The minimum absolute atomic E-state index is 0.0498. The summed E-state index contributed by atoms with van der Waals surface area (Å²) in [6, 6.07) is 9.92. The zero-order valence-corrected chi connectivity index (χ0v) is 16.1. The van der Waals surface area contributed by atoms with E-state index < -0.39 is 0 Å². The summed E-state index contributed by atoms with van der Waals surface area (Å²) in [6.07, 6.45) is 2.46. The second kappa shape index (κ2) is 6.02. The number of ether oxygens (including phenoxy) is 1. The number of fused-ring (bicyclic) bond motifs is 3. The Bertz CT molecular complexity index is 1090. The smallest absolute Gasteiger partial charge is 0.195 e. The third kappa shape index (κ3) is 2.35. The molecule has 1 aromatic heterocycles. The van der Waals surface area contributed by atoms with Crippen molar-refractivity contribution in [2.75, 3.05) is 31.2 Å². The van der Waals surface area contributed by atoms with E-state index in [1.807, 2.05) is 12.1 Å². The molecule has 28 heavy (non-hydrogen) atoms. The Morgan fingerprint density at radius 3 is 2.71 bits per heavy atom. The van der Waals surface area contributed by atoms with Crippen LogP contribution >= 0.6 is 0 Å². The maximum atomic E-state index is 13.4. The highest BCUT2D eigenvalue weighted by molar-refractivity contribution is 6.32. The highest BCUT2D eigenvalue weighted by Gasteiger charge is 2.43. The molecule has 5 rings (SSSR count). The van der Waals surface area contributed by atoms with Crippen molar-refractivity contribution >= 4 is 17.2 Å². The number of rotatable bonds is 1. The van der Waals surface area contributed by atoms with Crippen LogP contribution in [0.15, 0.2) is 36.0 Å². The number of pyridine rings is 1. The third-order valence-corrected chi connectivity index (χ3v) is 6.30. The third-order valence-electron chi connectivity index (χ3n) is 6.30. The van der Waals surface area contributed by atoms with Gasteiger partial charge in [0.1, 0.15) is 5.82 Å². The number of hydrogen-bond acceptors (Lipinski definition) is 5. The first kappa shape index (κ1) is 17.2. The Balaban J connectivity index is 1.62. The van der Waals surface area contributed by atoms with Gasteiger partial charge in [0, 0.05) is 35.8 Å². The van der Waals surface area contributed by atoms with Gasteiger partial charge in [0.25, 0.3) is 0 Å². The summed E-state index contributed by atoms with van der Waals surface area (Å²) in [7, 11) is 0. The number of anilines is 1. The van der Waals surface area contributed by atoms with Crippen molar-refractivity contribution in [1.29, 1.82) is 5.26 Å². The van der Waals surface area contributed by atoms with Crippen LogP contribution in [0.5, 0.6) is 0 Å². The number of aromatic nitrogens is 1. The van der Waals surface area contributed by atoms with Crippen LogP contribution in [0, 0.1) is 11.3 Å². The highest BCUT2D eigenvalue weighted by Crippen LogP contribution is 2.50. The van der Waals surface area contributed by atoms with Crippen LogP contribution < -0.4 is 4.90 Å². The molecule has 2 aromatic rings. The average Bonchev–Trinajstić information content (AvgIpc) is 3.12. The van der Waals surface area contributed by atoms with Crippen LogP contribution in [-0.4, -0.2) is 37.1 Å². The molecule has 1 saturated heterocycles. The normalized spacial score (nSPS) is 19.8. The van der Waals surface area contributed by atoms with Gasteiger partial charge in [-0.2, -0.15) is 5.26 Å². The molecule has 140 valence electrons. The van der Waals surface area contributed by atoms with E-state index >= 15 is 0 Å². The van der Waals surface area contributed by atoms with Crippen LogP contribution in [0.25, 0.3) is 5.57 Å². The number of morpholine rings is 1. The fourth-order valence-corrected chi connectivity index (χ4v) is 4.69. The summed E-state index contributed by atoms with van der Waals surface area (Å²) in [5, 5.41) is 9.23. The van der Waals surface area contributed by atoms with Gasteiger partial charge in [-0.3, -0.25) is 4.79 Å². The van der Waals surface area contributed by atoms with E-state index in [-0.39, 0.29) is 11.2 Å². The number of allylic oxidation sites excluding steroid dienone is 2. The second-order valence-corrected chi connectivity index (χ2v) is 8.16. The van der Waals surface area contributed by atoms with E-state index in [1.165, 1.54) is 0 Å². The number of Topliss-reactive ketones (excluding diaryl/α,β-unsaturated/α-hetero) is 1. The minimum Gasteiger partial charge on any atom is -0.378 e. The van der Waals surface area contributed by atoms with E-state index in [9.17, 15) is 10.1 Å². The summed E-state index contributed by atoms with van der Waals surface area (Å²) < 4.78 is 5.45. The SMILES string of the molecule is CC1(C)C2=C(C(=O)c3cnc(N4CCOCC4)cc31)c1ccc(C#N)cc1C2. The van der Waals surface area contributed by atoms with Gasteiger partial charge in [-0.1, -0.05) is 19.9 Å². The number of nitriles is 1. The summed E-state index contributed by atoms with van der Waals surface area (Å²) >= 11 is 0. The molecule has 1 aromatic carbocycles. The van der Waals surface area contributed by atoms with Crippen molar-refractivity contribution in [2.24, 2.45) is 0 Å². The van der Waals surface area contributed by atoms with Gasteiger partial charge in [0.2, 0.25) is 0 Å². The first-order valence-electron chi connectivity index (χ1n) is 9.65. The molecule has 0 radical (unpaired) electrons. The van der Waals surface area contributed by atoms with Crippen molar-refractivity contribution in [1.82, 2.24) is 4.98 Å². The maximum absolute atomic E-state index is 13.4. The number of hydrogen-bond donors (Lipinski definition) is 0. The second-order valence-electron chi connectivity index (χ2n) is 8.16. The largest absolute Gasteiger partial charge is 0.378 e. The van der Waals surface area contributed by atoms with Crippen molar-refractivity contribution in [3.8, 4) is 6.07 Å². The van der Waals surface area contributed by atoms with Gasteiger partial charge in [-0.25, -0.2) is 4.98 Å². The number of ketones is 1. The fourth-order valence-electron chi connectivity index (χ4n) is 4.69. The van der Waals surface area contributed by atoms with Gasteiger partial charge >= 0.3 is 0 Å². The monoisotopic (exact) mass is 371 g/mol. The molecule has 0 bridgehead atoms. The van der Waals surface area contributed by atoms with Crippen LogP contribution in [0.4, 0.5) is 5.82 Å². The van der Waals surface area contributed by atoms with Crippen LogP contribution in [-0.2, 0) is 16.6 Å². The molecule has 2 aliphatic carbocycles. The quantitative estimate of drug-likeness (QED) is 0.770. The van der Waals surface area contributed by atoms with E-state index in [1.54, 1.807) is 12.3 Å². The number of carbonyl (C=O) groups is 1. The van der Waals surface area contributed by atoms with Crippen molar-refractivity contribution in [2.45, 2.75) is 25.7 Å². The molecular formula is C23H21N3O2. The predicted molar refractivity (Wildman–Crippen MR) is 106 cm³/mol. The Morgan fingerprint density at radius 2 is 1.96 bits per heavy atom. The molecule has 3 aliphatic rings. The number of carbonyl (C=O) groups excluding carboxylic acids is 1. The molecule has 0 N–H and O–H groups in total. The van der Waals surface area contributed by atoms with E-state index in [2.05, 4.69) is 35.9 Å². The van der Waals surface area contributed by atoms with Crippen LogP contribution in [0.1, 0.15) is 46.5 Å². The summed E-state index contributed by atoms with van der Waals surface area (Å²) in [5.41, 5.74) is 6.09. The van der Waals surface area contributed by atoms with Crippen molar-refractivity contribution in [3.05, 3.63) is 63.9 Å². The molecule has 0 atom stereocenters. The topological polar surface area (TPSA) is 66.2 Å². The van der Waals surface area contributed by atoms with Gasteiger partial charge in [-0.15, -0.1) is 0 Å². The highest BCUT2D eigenvalue weighted by atomic mass is 16.5. The lowest BCUT2D eigenvalue weighted by Gasteiger charge is -2.36. The first-order valence-corrected chi connectivity index (χ1v) is 9.65. The lowest BCUT2D eigenvalue weighted by atomic mass is 9.69. The van der Waals surface area contributed by atoms with Gasteiger partial charge in [-0.05, 0) is 46.9 Å². The zero-order chi connectivity index (χ0) is 19.5. The van der Waals surface area contributed by atoms with E-state index in [0.717, 1.165) is 46.7 Å². The molecule has 0 saturated carbocycles. The Hall–Kier alpha value is -2.97. The molecule has 0 unspecified atom stereocenters. The summed E-state index contributed by atoms with van der Waals surface area (Å²) in [4.78, 5) is 20.2. The molecule has 1 fully saturated rings. The molecule has 1 aliphatic heterocycles. The van der Waals surface area contributed by atoms with Crippen molar-refractivity contribution < 1.29 is 9.53 Å². The van der Waals surface area contributed by atoms with Gasteiger partial charge < -0.3 is 9.64 Å². The minimum atomic E-state index is -0.269. The first-order chi connectivity index (χ1) is 13.5. The Kier molecular flexibility index (Phi) is 3.68. The zero-order valence-electron chi connectivity index (χ0n) is 16.1. The standard InChI is InChI=1S/C23H21N3O2/c1-23(2)18-11-20(26-5-7-28-8-6-26)25-13-17(18)22(27)21-16-4-3-14(12-24)9-15(16)10-19(21)23/h3-4,9,11,13H,5-8,10H2,1-2H3. The maximum Gasteiger partial charge on any atom is 0.195 e. The molecule has 5 heteroatoms. The Labute approximate surface area is 164 Å². The predicted octanol–water partition coefficient (Wildman–Crippen LogP) is 3.27. The average molecular weight is 371 g/mol. The van der Waals surface area contributed by atoms with E-state index in [0.29, 0.717) is 30.8 Å². The van der Waals surface area contributed by atoms with Gasteiger partial charge in [0.05, 0.1) is 24.8 Å². The lowest BCUT2D eigenvalue weighted by molar-refractivity contribution is 0.105. The molecule has 0 amide bonds. The molecule has 5 nitrogen and oxygen atoms in total. The number of nitrogens with zero attached hydrogens (tertiary/aromatic N) is 3. The summed E-state index contributed by atoms with van der Waals surface area (Å²) in [6.45, 7) is 7.41. The van der Waals surface area contributed by atoms with Gasteiger partial charge in [0.15, 0.2) is 5.78 Å². The fraction of sp³-hybridized carbons (Fsp3) is 0.348. The lowest BCUT2D eigenvalue weighted by Crippen LogP contribution is -2.37. The van der Waals surface area contributed by atoms with Crippen LogP contribution in [0.3, 0.4) is 0 Å².